The van der Waals surface area contributed by atoms with Crippen LogP contribution in [0.4, 0.5) is 0 Å². The highest BCUT2D eigenvalue weighted by Crippen LogP contribution is 1.79. The van der Waals surface area contributed by atoms with E-state index >= 15 is 0 Å². The summed E-state index contributed by atoms with van der Waals surface area (Å²) in [4.78, 5) is 9.28. The van der Waals surface area contributed by atoms with Gasteiger partial charge in [0.2, 0.25) is 0 Å². The Labute approximate surface area is 67.9 Å². The maximum Gasteiger partial charge on any atom is 0.258 e. The molecule has 0 radical (unpaired) electrons. The summed E-state index contributed by atoms with van der Waals surface area (Å²) < 4.78 is 0. The van der Waals surface area contributed by atoms with Crippen molar-refractivity contribution in [3.05, 3.63) is 53.8 Å². The van der Waals surface area contributed by atoms with Crippen LogP contribution in [0, 0.1) is 0 Å². The van der Waals surface area contributed by atoms with Crippen LogP contribution in [0.2, 0.25) is 0 Å². The minimum absolute atomic E-state index is 1.37. The van der Waals surface area contributed by atoms with Crippen molar-refractivity contribution in [3.63, 3.8) is 0 Å². The molecule has 0 atom stereocenters. The lowest BCUT2D eigenvalue weighted by molar-refractivity contribution is 0.607. The quantitative estimate of drug-likeness (QED) is 0.574. The first kappa shape index (κ1) is 7.95. The summed E-state index contributed by atoms with van der Waals surface area (Å²) in [7, 11) is -1.37. The van der Waals surface area contributed by atoms with Crippen molar-refractivity contribution in [1.29, 1.82) is 0 Å². The number of rotatable bonds is 0. The zero-order valence-corrected chi connectivity index (χ0v) is 7.14. The average molecular weight is 162 g/mol. The lowest BCUT2D eigenvalue weighted by atomic mass is 10.5. The van der Waals surface area contributed by atoms with Crippen molar-refractivity contribution in [2.75, 3.05) is 0 Å². The number of hydrogen-bond donors (Lipinski definition) is 1. The van der Waals surface area contributed by atoms with E-state index in [-0.39, 0.29) is 0 Å². The van der Waals surface area contributed by atoms with Gasteiger partial charge in [0.15, 0.2) is 0 Å². The average Bonchev–Trinajstić information content (AvgIpc) is 2.03. The molecule has 1 N–H and O–H groups in total. The second kappa shape index (κ2) is 4.63. The van der Waals surface area contributed by atoms with Crippen LogP contribution in [0.15, 0.2) is 53.8 Å². The summed E-state index contributed by atoms with van der Waals surface area (Å²) in [5.41, 5.74) is 3.65. The fraction of sp³-hybridized carbons (Fsp3) is 0. The molecule has 0 saturated heterocycles. The van der Waals surface area contributed by atoms with Crippen molar-refractivity contribution in [1.82, 2.24) is 0 Å². The maximum absolute atomic E-state index is 9.28. The van der Waals surface area contributed by atoms with E-state index in [2.05, 4.69) is 0 Å². The molecule has 1 rings (SSSR count). The minimum Gasteiger partial charge on any atom is -0.563 e. The van der Waals surface area contributed by atoms with Crippen molar-refractivity contribution in [2.45, 2.75) is 0 Å². The van der Waals surface area contributed by atoms with E-state index < -0.39 is 8.64 Å². The van der Waals surface area contributed by atoms with Gasteiger partial charge >= 0.3 is 0 Å². The van der Waals surface area contributed by atoms with Gasteiger partial charge in [-0.1, -0.05) is 42.5 Å². The van der Waals surface area contributed by atoms with Crippen molar-refractivity contribution < 1.29 is 4.80 Å². The monoisotopic (exact) mass is 162 g/mol. The molecule has 0 aliphatic rings. The molecule has 56 valence electrons. The lowest BCUT2D eigenvalue weighted by Gasteiger charge is -1.78. The van der Waals surface area contributed by atoms with Gasteiger partial charge < -0.3 is 4.80 Å². The van der Waals surface area contributed by atoms with Crippen LogP contribution in [-0.2, 0) is 0 Å². The fourth-order valence-corrected chi connectivity index (χ4v) is 1.41. The van der Waals surface area contributed by atoms with Crippen LogP contribution in [-0.4, -0.2) is 13.4 Å². The first-order valence-corrected chi connectivity index (χ1v) is 5.07. The Kier molecular flexibility index (Phi) is 3.35. The molecule has 1 nitrogen and oxygen atoms in total. The van der Waals surface area contributed by atoms with Gasteiger partial charge in [-0.3, -0.25) is 0 Å². The summed E-state index contributed by atoms with van der Waals surface area (Å²) in [6, 6.07) is 13.4. The van der Waals surface area contributed by atoms with Crippen LogP contribution in [0.1, 0.15) is 0 Å². The first-order valence-electron chi connectivity index (χ1n) is 3.47. The molecule has 1 heterocycles. The molecule has 11 heavy (non-hydrogen) atoms. The van der Waals surface area contributed by atoms with Crippen LogP contribution in [0.3, 0.4) is 0 Å². The van der Waals surface area contributed by atoms with E-state index in [1.165, 1.54) is 0 Å². The third kappa shape index (κ3) is 3.53. The first-order chi connectivity index (χ1) is 5.39. The second-order valence-electron chi connectivity index (χ2n) is 2.11. The Morgan fingerprint density at radius 2 is 1.00 bits per heavy atom. The largest absolute Gasteiger partial charge is 0.563 e. The van der Waals surface area contributed by atoms with Crippen molar-refractivity contribution >= 4 is 8.64 Å². The van der Waals surface area contributed by atoms with Gasteiger partial charge in [0.1, 0.15) is 0 Å². The highest BCUT2D eigenvalue weighted by atomic mass is 28.2. The van der Waals surface area contributed by atoms with Crippen LogP contribution in [0.5, 0.6) is 0 Å². The fourth-order valence-electron chi connectivity index (χ4n) is 0.685. The van der Waals surface area contributed by atoms with Gasteiger partial charge in [0.05, 0.1) is 0 Å². The minimum atomic E-state index is -1.37. The molecule has 0 spiro atoms. The molecule has 0 aliphatic heterocycles. The van der Waals surface area contributed by atoms with Crippen molar-refractivity contribution in [3.8, 4) is 0 Å². The van der Waals surface area contributed by atoms with E-state index in [1.54, 1.807) is 0 Å². The summed E-state index contributed by atoms with van der Waals surface area (Å²) in [6.45, 7) is 0. The lowest BCUT2D eigenvalue weighted by Crippen LogP contribution is -1.86. The molecule has 0 fully saturated rings. The van der Waals surface area contributed by atoms with Gasteiger partial charge in [-0.05, 0) is 11.4 Å². The Hall–Kier alpha value is -1.15. The summed E-state index contributed by atoms with van der Waals surface area (Å²) in [6.07, 6.45) is 0. The predicted molar refractivity (Wildman–Crippen MR) is 47.6 cm³/mol. The predicted octanol–water partition coefficient (Wildman–Crippen LogP) is 1.59. The van der Waals surface area contributed by atoms with E-state index in [9.17, 15) is 4.80 Å². The Bertz CT molecular complexity index is 247. The number of hydrogen-bond acceptors (Lipinski definition) is 1. The van der Waals surface area contributed by atoms with Gasteiger partial charge in [0.25, 0.3) is 8.64 Å². The summed E-state index contributed by atoms with van der Waals surface area (Å²) >= 11 is 0. The highest BCUT2D eigenvalue weighted by molar-refractivity contribution is 6.41. The zero-order chi connectivity index (χ0) is 7.94. The smallest absolute Gasteiger partial charge is 0.258 e. The standard InChI is InChI=1S/C9H10OSi/c10-11-8-6-4-2-1-3-5-7-9-11/h1-10H. The van der Waals surface area contributed by atoms with Crippen LogP contribution < -0.4 is 0 Å². The van der Waals surface area contributed by atoms with Gasteiger partial charge in [0, 0.05) is 0 Å². The van der Waals surface area contributed by atoms with Crippen LogP contribution in [0.25, 0.3) is 0 Å². The normalized spacial score (nSPS) is 8.36. The zero-order valence-electron chi connectivity index (χ0n) is 6.14. The molecule has 1 aromatic heterocycles. The third-order valence-corrected chi connectivity index (χ3v) is 2.27. The molecule has 0 unspecified atom stereocenters. The van der Waals surface area contributed by atoms with Crippen molar-refractivity contribution in [2.24, 2.45) is 0 Å². The molecule has 1 aromatic rings. The van der Waals surface area contributed by atoms with E-state index in [0.717, 1.165) is 0 Å². The Balaban J connectivity index is 3.11. The molecule has 0 aromatic carbocycles. The van der Waals surface area contributed by atoms with E-state index in [1.807, 2.05) is 53.8 Å². The van der Waals surface area contributed by atoms with E-state index in [0.29, 0.717) is 0 Å². The molecule has 0 aliphatic carbocycles. The highest BCUT2D eigenvalue weighted by Gasteiger charge is 1.76. The van der Waals surface area contributed by atoms with Gasteiger partial charge in [-0.15, -0.1) is 0 Å². The topological polar surface area (TPSA) is 20.2 Å². The van der Waals surface area contributed by atoms with Gasteiger partial charge in [-0.2, -0.15) is 0 Å². The van der Waals surface area contributed by atoms with Gasteiger partial charge in [-0.25, -0.2) is 0 Å². The molecule has 0 amide bonds. The second-order valence-corrected chi connectivity index (χ2v) is 3.62. The van der Waals surface area contributed by atoms with Crippen LogP contribution >= 0.6 is 0 Å². The molecular formula is C9H10OSi. The molecular weight excluding hydrogens is 152 g/mol. The molecule has 2 heteroatoms. The Morgan fingerprint density at radius 1 is 0.636 bits per heavy atom. The SMILES string of the molecule is O[si]1ccccccccc1. The molecule has 0 saturated carbocycles. The summed E-state index contributed by atoms with van der Waals surface area (Å²) in [5, 5.41) is 0. The Morgan fingerprint density at radius 3 is 1.45 bits per heavy atom. The third-order valence-electron chi connectivity index (χ3n) is 1.20. The maximum atomic E-state index is 9.28. The van der Waals surface area contributed by atoms with E-state index in [4.69, 9.17) is 0 Å². The molecule has 0 bridgehead atoms. The summed E-state index contributed by atoms with van der Waals surface area (Å²) in [5.74, 6) is 0.